The number of nitrogens with one attached hydrogen (secondary N) is 1. The smallest absolute Gasteiger partial charge is 0.0534 e. The molecule has 0 saturated carbocycles. The molecule has 1 N–H and O–H groups in total. The Morgan fingerprint density at radius 3 is 2.91 bits per heavy atom. The van der Waals surface area contributed by atoms with Crippen molar-refractivity contribution in [2.24, 2.45) is 5.92 Å². The third-order valence-electron chi connectivity index (χ3n) is 1.56. The predicted octanol–water partition coefficient (Wildman–Crippen LogP) is 2.35. The van der Waals surface area contributed by atoms with E-state index in [2.05, 4.69) is 24.0 Å². The van der Waals surface area contributed by atoms with Crippen LogP contribution in [-0.2, 0) is 12.3 Å². The molecule has 0 aliphatic carbocycles. The molecule has 1 aromatic rings. The summed E-state index contributed by atoms with van der Waals surface area (Å²) in [5, 5.41) is 6.89. The zero-order chi connectivity index (χ0) is 8.27. The van der Waals surface area contributed by atoms with Crippen molar-refractivity contribution >= 4 is 11.6 Å². The maximum absolute atomic E-state index is 5.70. The van der Waals surface area contributed by atoms with E-state index in [9.17, 15) is 0 Å². The number of hydrogen-bond donors (Lipinski definition) is 1. The normalized spacial score (nSPS) is 10.9. The Morgan fingerprint density at radius 1 is 1.64 bits per heavy atom. The first-order chi connectivity index (χ1) is 5.24. The van der Waals surface area contributed by atoms with E-state index in [1.165, 1.54) is 5.69 Å². The van der Waals surface area contributed by atoms with Gasteiger partial charge in [-0.05, 0) is 12.3 Å². The van der Waals surface area contributed by atoms with Crippen LogP contribution < -0.4 is 0 Å². The van der Waals surface area contributed by atoms with E-state index in [1.807, 2.05) is 0 Å². The number of rotatable bonds is 3. The number of aromatic amines is 1. The topological polar surface area (TPSA) is 28.7 Å². The van der Waals surface area contributed by atoms with E-state index < -0.39 is 0 Å². The van der Waals surface area contributed by atoms with Crippen LogP contribution in [0.3, 0.4) is 0 Å². The second-order valence-corrected chi connectivity index (χ2v) is 3.37. The molecule has 62 valence electrons. The van der Waals surface area contributed by atoms with Gasteiger partial charge in [0.05, 0.1) is 12.1 Å². The second-order valence-electron chi connectivity index (χ2n) is 3.11. The summed E-state index contributed by atoms with van der Waals surface area (Å²) >= 11 is 5.70. The summed E-state index contributed by atoms with van der Waals surface area (Å²) in [6, 6.07) is 0. The maximum Gasteiger partial charge on any atom is 0.0534 e. The van der Waals surface area contributed by atoms with Crippen LogP contribution in [0.1, 0.15) is 25.1 Å². The van der Waals surface area contributed by atoms with E-state index in [4.69, 9.17) is 11.6 Å². The first-order valence-electron chi connectivity index (χ1n) is 3.81. The molecule has 0 amide bonds. The summed E-state index contributed by atoms with van der Waals surface area (Å²) in [4.78, 5) is 0. The number of H-pyrrole nitrogens is 1. The highest BCUT2D eigenvalue weighted by Crippen LogP contribution is 2.12. The van der Waals surface area contributed by atoms with Gasteiger partial charge in [0.15, 0.2) is 0 Å². The van der Waals surface area contributed by atoms with Gasteiger partial charge in [-0.2, -0.15) is 5.10 Å². The van der Waals surface area contributed by atoms with E-state index in [0.29, 0.717) is 11.8 Å². The van der Waals surface area contributed by atoms with Crippen LogP contribution in [0.25, 0.3) is 0 Å². The molecule has 0 bridgehead atoms. The second kappa shape index (κ2) is 3.77. The Hall–Kier alpha value is -0.500. The van der Waals surface area contributed by atoms with Gasteiger partial charge in [0.25, 0.3) is 0 Å². The molecule has 0 aromatic carbocycles. The van der Waals surface area contributed by atoms with Crippen molar-refractivity contribution in [3.05, 3.63) is 17.5 Å². The number of nitrogens with zero attached hydrogens (tertiary/aromatic N) is 1. The number of hydrogen-bond acceptors (Lipinski definition) is 1. The van der Waals surface area contributed by atoms with Crippen molar-refractivity contribution in [1.82, 2.24) is 10.2 Å². The lowest BCUT2D eigenvalue weighted by Gasteiger charge is -2.02. The standard InChI is InChI=1S/C8H13ClN2/c1-6(2)3-8-7(4-9)5-10-11-8/h5-6H,3-4H2,1-2H3,(H,10,11). The molecule has 1 heterocycles. The minimum Gasteiger partial charge on any atom is -0.282 e. The first-order valence-corrected chi connectivity index (χ1v) is 4.34. The van der Waals surface area contributed by atoms with E-state index in [-0.39, 0.29) is 0 Å². The molecule has 0 radical (unpaired) electrons. The van der Waals surface area contributed by atoms with Crippen LogP contribution >= 0.6 is 11.6 Å². The fraction of sp³-hybridized carbons (Fsp3) is 0.625. The van der Waals surface area contributed by atoms with Crippen molar-refractivity contribution in [2.45, 2.75) is 26.1 Å². The van der Waals surface area contributed by atoms with Crippen LogP contribution in [0.2, 0.25) is 0 Å². The third-order valence-corrected chi connectivity index (χ3v) is 1.85. The lowest BCUT2D eigenvalue weighted by Crippen LogP contribution is -1.97. The van der Waals surface area contributed by atoms with Crippen LogP contribution in [0.4, 0.5) is 0 Å². The molecule has 0 fully saturated rings. The Bertz CT molecular complexity index is 218. The Labute approximate surface area is 72.0 Å². The summed E-state index contributed by atoms with van der Waals surface area (Å²) in [6.07, 6.45) is 2.83. The fourth-order valence-corrected chi connectivity index (χ4v) is 1.27. The average Bonchev–Trinajstić information content (AvgIpc) is 2.34. The maximum atomic E-state index is 5.70. The summed E-state index contributed by atoms with van der Waals surface area (Å²) in [6.45, 7) is 4.36. The zero-order valence-corrected chi connectivity index (χ0v) is 7.65. The van der Waals surface area contributed by atoms with Gasteiger partial charge >= 0.3 is 0 Å². The van der Waals surface area contributed by atoms with E-state index in [0.717, 1.165) is 12.0 Å². The molecule has 1 aromatic heterocycles. The van der Waals surface area contributed by atoms with Gasteiger partial charge < -0.3 is 0 Å². The fourth-order valence-electron chi connectivity index (χ4n) is 1.04. The molecule has 0 aliphatic heterocycles. The highest BCUT2D eigenvalue weighted by atomic mass is 35.5. The third kappa shape index (κ3) is 2.22. The molecular formula is C8H13ClN2. The predicted molar refractivity (Wildman–Crippen MR) is 46.7 cm³/mol. The number of aromatic nitrogens is 2. The molecular weight excluding hydrogens is 160 g/mol. The SMILES string of the molecule is CC(C)Cc1[nH]ncc1CCl. The van der Waals surface area contributed by atoms with Crippen LogP contribution in [0, 0.1) is 5.92 Å². The van der Waals surface area contributed by atoms with Crippen LogP contribution in [0.15, 0.2) is 6.20 Å². The molecule has 2 nitrogen and oxygen atoms in total. The van der Waals surface area contributed by atoms with Crippen LogP contribution in [0.5, 0.6) is 0 Å². The van der Waals surface area contributed by atoms with Crippen molar-refractivity contribution < 1.29 is 0 Å². The zero-order valence-electron chi connectivity index (χ0n) is 6.89. The lowest BCUT2D eigenvalue weighted by molar-refractivity contribution is 0.631. The van der Waals surface area contributed by atoms with E-state index in [1.54, 1.807) is 6.20 Å². The molecule has 0 aliphatic rings. The lowest BCUT2D eigenvalue weighted by atomic mass is 10.1. The molecule has 0 atom stereocenters. The highest BCUT2D eigenvalue weighted by Gasteiger charge is 2.04. The first kappa shape index (κ1) is 8.60. The quantitative estimate of drug-likeness (QED) is 0.697. The van der Waals surface area contributed by atoms with Crippen molar-refractivity contribution in [3.63, 3.8) is 0 Å². The Balaban J connectivity index is 2.68. The molecule has 0 unspecified atom stereocenters. The van der Waals surface area contributed by atoms with Gasteiger partial charge in [0.1, 0.15) is 0 Å². The number of halogens is 1. The summed E-state index contributed by atoms with van der Waals surface area (Å²) in [5.74, 6) is 1.20. The van der Waals surface area contributed by atoms with Crippen molar-refractivity contribution in [3.8, 4) is 0 Å². The average molecular weight is 173 g/mol. The van der Waals surface area contributed by atoms with Crippen molar-refractivity contribution in [2.75, 3.05) is 0 Å². The van der Waals surface area contributed by atoms with Gasteiger partial charge in [-0.3, -0.25) is 5.10 Å². The summed E-state index contributed by atoms with van der Waals surface area (Å²) in [5.41, 5.74) is 2.30. The monoisotopic (exact) mass is 172 g/mol. The van der Waals surface area contributed by atoms with E-state index >= 15 is 0 Å². The summed E-state index contributed by atoms with van der Waals surface area (Å²) < 4.78 is 0. The van der Waals surface area contributed by atoms with Gasteiger partial charge in [-0.25, -0.2) is 0 Å². The summed E-state index contributed by atoms with van der Waals surface area (Å²) in [7, 11) is 0. The minimum atomic E-state index is 0.554. The highest BCUT2D eigenvalue weighted by molar-refractivity contribution is 6.17. The van der Waals surface area contributed by atoms with Gasteiger partial charge in [0, 0.05) is 11.3 Å². The molecule has 0 saturated heterocycles. The molecule has 0 spiro atoms. The minimum absolute atomic E-state index is 0.554. The largest absolute Gasteiger partial charge is 0.282 e. The van der Waals surface area contributed by atoms with Crippen LogP contribution in [-0.4, -0.2) is 10.2 Å². The molecule has 11 heavy (non-hydrogen) atoms. The molecule has 1 rings (SSSR count). The number of alkyl halides is 1. The Morgan fingerprint density at radius 2 is 2.36 bits per heavy atom. The Kier molecular flexibility index (Phi) is 2.94. The van der Waals surface area contributed by atoms with Gasteiger partial charge in [0.2, 0.25) is 0 Å². The molecule has 3 heteroatoms. The van der Waals surface area contributed by atoms with Gasteiger partial charge in [-0.1, -0.05) is 13.8 Å². The van der Waals surface area contributed by atoms with Crippen molar-refractivity contribution in [1.29, 1.82) is 0 Å². The van der Waals surface area contributed by atoms with Gasteiger partial charge in [-0.15, -0.1) is 11.6 Å².